The molecule has 11 heteroatoms. The first-order valence-electron chi connectivity index (χ1n) is 6.36. The minimum absolute atomic E-state index is 0.0816. The third kappa shape index (κ3) is 4.22. The van der Waals surface area contributed by atoms with Gasteiger partial charge in [0.1, 0.15) is 5.75 Å². The van der Waals surface area contributed by atoms with Crippen LogP contribution in [0, 0.1) is 0 Å². The normalized spacial score (nSPS) is 16.5. The van der Waals surface area contributed by atoms with Crippen LogP contribution in [0.4, 0.5) is 18.9 Å². The molecular formula is C12H13F3N2O4S2. The molecule has 0 aliphatic carbocycles. The van der Waals surface area contributed by atoms with Crippen LogP contribution in [0.25, 0.3) is 0 Å². The fraction of sp³-hybridized carbons (Fsp3) is 0.417. The molecule has 1 amide bonds. The Balaban J connectivity index is 2.29. The molecule has 0 atom stereocenters. The molecule has 0 spiro atoms. The Labute approximate surface area is 134 Å². The van der Waals surface area contributed by atoms with Crippen LogP contribution in [0.1, 0.15) is 5.56 Å². The first-order valence-corrected chi connectivity index (χ1v) is 9.00. The number of carbonyl (C=O) groups is 1. The van der Waals surface area contributed by atoms with E-state index in [1.165, 1.54) is 21.4 Å². The number of phenols is 1. The standard InChI is InChI=1S/C12H13F3N2O4S2/c13-12(14,15)23(20,21)16-10-2-1-9(18)5-8(10)6-17-3-4-22-7-11(17)19/h1-2,5,16,18H,3-4,6-7H2. The van der Waals surface area contributed by atoms with Crippen molar-refractivity contribution in [1.29, 1.82) is 0 Å². The van der Waals surface area contributed by atoms with Gasteiger partial charge >= 0.3 is 15.5 Å². The molecule has 1 heterocycles. The van der Waals surface area contributed by atoms with Crippen molar-refractivity contribution >= 4 is 33.4 Å². The molecule has 1 fully saturated rings. The molecule has 0 unspecified atom stereocenters. The lowest BCUT2D eigenvalue weighted by Gasteiger charge is -2.27. The highest BCUT2D eigenvalue weighted by atomic mass is 32.2. The van der Waals surface area contributed by atoms with Gasteiger partial charge in [0.2, 0.25) is 5.91 Å². The maximum Gasteiger partial charge on any atom is 0.516 e. The Kier molecular flexibility index (Phi) is 4.99. The van der Waals surface area contributed by atoms with E-state index in [1.54, 1.807) is 0 Å². The molecule has 0 radical (unpaired) electrons. The smallest absolute Gasteiger partial charge is 0.508 e. The Morgan fingerprint density at radius 1 is 1.35 bits per heavy atom. The van der Waals surface area contributed by atoms with Crippen LogP contribution < -0.4 is 4.72 Å². The van der Waals surface area contributed by atoms with Crippen molar-refractivity contribution in [1.82, 2.24) is 4.90 Å². The highest BCUT2D eigenvalue weighted by Gasteiger charge is 2.46. The lowest BCUT2D eigenvalue weighted by atomic mass is 10.1. The number of hydrogen-bond acceptors (Lipinski definition) is 5. The summed E-state index contributed by atoms with van der Waals surface area (Å²) in [6.07, 6.45) is 0. The molecule has 2 N–H and O–H groups in total. The number of thioether (sulfide) groups is 1. The van der Waals surface area contributed by atoms with E-state index in [9.17, 15) is 31.5 Å². The Bertz CT molecular complexity index is 707. The van der Waals surface area contributed by atoms with Gasteiger partial charge in [0, 0.05) is 18.8 Å². The van der Waals surface area contributed by atoms with Gasteiger partial charge in [0.15, 0.2) is 0 Å². The molecule has 1 aliphatic rings. The number of nitrogens with zero attached hydrogens (tertiary/aromatic N) is 1. The molecule has 6 nitrogen and oxygen atoms in total. The number of hydrogen-bond donors (Lipinski definition) is 2. The molecule has 128 valence electrons. The summed E-state index contributed by atoms with van der Waals surface area (Å²) >= 11 is 1.44. The molecule has 1 aromatic rings. The SMILES string of the molecule is O=C1CSCCN1Cc1cc(O)ccc1NS(=O)(=O)C(F)(F)F. The van der Waals surface area contributed by atoms with E-state index in [1.807, 2.05) is 0 Å². The third-order valence-electron chi connectivity index (χ3n) is 3.08. The third-order valence-corrected chi connectivity index (χ3v) is 5.10. The molecule has 1 aromatic carbocycles. The van der Waals surface area contributed by atoms with E-state index < -0.39 is 15.5 Å². The van der Waals surface area contributed by atoms with E-state index >= 15 is 0 Å². The summed E-state index contributed by atoms with van der Waals surface area (Å²) in [6.45, 7) is 0.300. The van der Waals surface area contributed by atoms with E-state index in [4.69, 9.17) is 0 Å². The van der Waals surface area contributed by atoms with Gasteiger partial charge in [-0.1, -0.05) is 0 Å². The van der Waals surface area contributed by atoms with Crippen molar-refractivity contribution in [3.05, 3.63) is 23.8 Å². The van der Waals surface area contributed by atoms with Crippen molar-refractivity contribution in [2.75, 3.05) is 22.8 Å². The monoisotopic (exact) mass is 370 g/mol. The lowest BCUT2D eigenvalue weighted by molar-refractivity contribution is -0.129. The number of amides is 1. The van der Waals surface area contributed by atoms with Crippen molar-refractivity contribution < 1.29 is 31.5 Å². The molecule has 23 heavy (non-hydrogen) atoms. The topological polar surface area (TPSA) is 86.7 Å². The van der Waals surface area contributed by atoms with Crippen LogP contribution in [0.2, 0.25) is 0 Å². The largest absolute Gasteiger partial charge is 0.516 e. The van der Waals surface area contributed by atoms with Crippen molar-refractivity contribution in [3.8, 4) is 5.75 Å². The quantitative estimate of drug-likeness (QED) is 0.789. The van der Waals surface area contributed by atoms with Crippen LogP contribution in [-0.2, 0) is 21.4 Å². The number of halogens is 3. The second kappa shape index (κ2) is 6.48. The predicted molar refractivity (Wildman–Crippen MR) is 79.4 cm³/mol. The second-order valence-corrected chi connectivity index (χ2v) is 7.54. The zero-order valence-electron chi connectivity index (χ0n) is 11.6. The Morgan fingerprint density at radius 3 is 2.65 bits per heavy atom. The van der Waals surface area contributed by atoms with Crippen LogP contribution in [-0.4, -0.2) is 47.9 Å². The molecule has 1 saturated heterocycles. The van der Waals surface area contributed by atoms with Crippen molar-refractivity contribution in [2.24, 2.45) is 0 Å². The molecule has 0 aromatic heterocycles. The summed E-state index contributed by atoms with van der Waals surface area (Å²) in [5, 5.41) is 9.48. The van der Waals surface area contributed by atoms with Gasteiger partial charge in [-0.2, -0.15) is 33.4 Å². The number of carbonyl (C=O) groups excluding carboxylic acids is 1. The summed E-state index contributed by atoms with van der Waals surface area (Å²) in [6, 6.07) is 3.21. The lowest BCUT2D eigenvalue weighted by Crippen LogP contribution is -2.38. The number of nitrogens with one attached hydrogen (secondary N) is 1. The molecule has 1 aliphatic heterocycles. The fourth-order valence-corrected chi connectivity index (χ4v) is 3.39. The number of sulfonamides is 1. The first-order chi connectivity index (χ1) is 10.6. The minimum atomic E-state index is -5.58. The minimum Gasteiger partial charge on any atom is -0.508 e. The van der Waals surface area contributed by atoms with Gasteiger partial charge in [0.05, 0.1) is 11.4 Å². The van der Waals surface area contributed by atoms with E-state index in [-0.39, 0.29) is 35.2 Å². The number of rotatable bonds is 4. The van der Waals surface area contributed by atoms with Gasteiger partial charge in [-0.25, -0.2) is 0 Å². The van der Waals surface area contributed by atoms with Gasteiger partial charge in [-0.05, 0) is 23.8 Å². The Hall–Kier alpha value is -1.62. The number of alkyl halides is 3. The van der Waals surface area contributed by atoms with E-state index in [2.05, 4.69) is 0 Å². The number of phenolic OH excluding ortho intramolecular Hbond substituents is 1. The zero-order valence-corrected chi connectivity index (χ0v) is 13.3. The maximum atomic E-state index is 12.5. The molecule has 2 rings (SSSR count). The summed E-state index contributed by atoms with van der Waals surface area (Å²) in [5.74, 6) is 0.486. The molecule has 0 bridgehead atoms. The predicted octanol–water partition coefficient (Wildman–Crippen LogP) is 1.73. The average molecular weight is 370 g/mol. The summed E-state index contributed by atoms with van der Waals surface area (Å²) in [7, 11) is -5.58. The highest BCUT2D eigenvalue weighted by Crippen LogP contribution is 2.29. The Morgan fingerprint density at radius 2 is 2.04 bits per heavy atom. The van der Waals surface area contributed by atoms with Gasteiger partial charge in [-0.15, -0.1) is 0 Å². The van der Waals surface area contributed by atoms with Crippen LogP contribution in [0.3, 0.4) is 0 Å². The summed E-state index contributed by atoms with van der Waals surface area (Å²) in [5.41, 5.74) is -5.70. The van der Waals surface area contributed by atoms with Crippen molar-refractivity contribution in [3.63, 3.8) is 0 Å². The number of anilines is 1. The van der Waals surface area contributed by atoms with E-state index in [0.717, 1.165) is 18.2 Å². The zero-order chi connectivity index (χ0) is 17.3. The second-order valence-electron chi connectivity index (χ2n) is 4.76. The van der Waals surface area contributed by atoms with Gasteiger partial charge in [0.25, 0.3) is 0 Å². The van der Waals surface area contributed by atoms with Crippen LogP contribution in [0.15, 0.2) is 18.2 Å². The fourth-order valence-electron chi connectivity index (χ4n) is 1.94. The summed E-state index contributed by atoms with van der Waals surface area (Å²) in [4.78, 5) is 13.2. The van der Waals surface area contributed by atoms with Gasteiger partial charge < -0.3 is 10.0 Å². The molecule has 0 saturated carbocycles. The van der Waals surface area contributed by atoms with Crippen molar-refractivity contribution in [2.45, 2.75) is 12.1 Å². The summed E-state index contributed by atoms with van der Waals surface area (Å²) < 4.78 is 61.4. The van der Waals surface area contributed by atoms with Crippen LogP contribution >= 0.6 is 11.8 Å². The first kappa shape index (κ1) is 17.7. The number of aromatic hydroxyl groups is 1. The van der Waals surface area contributed by atoms with Crippen LogP contribution in [0.5, 0.6) is 5.75 Å². The molecular weight excluding hydrogens is 357 g/mol. The van der Waals surface area contributed by atoms with Gasteiger partial charge in [-0.3, -0.25) is 9.52 Å². The number of benzene rings is 1. The average Bonchev–Trinajstić information content (AvgIpc) is 2.43. The maximum absolute atomic E-state index is 12.5. The van der Waals surface area contributed by atoms with E-state index in [0.29, 0.717) is 12.3 Å². The highest BCUT2D eigenvalue weighted by molar-refractivity contribution is 8.00.